The molecule has 2 aliphatic rings. The van der Waals surface area contributed by atoms with Crippen molar-refractivity contribution in [3.05, 3.63) is 105 Å². The lowest BCUT2D eigenvalue weighted by atomic mass is 9.86. The van der Waals surface area contributed by atoms with Crippen LogP contribution in [0, 0.1) is 20.8 Å². The summed E-state index contributed by atoms with van der Waals surface area (Å²) in [5.41, 5.74) is 10.8. The molecule has 7 heteroatoms. The van der Waals surface area contributed by atoms with Crippen LogP contribution in [0.2, 0.25) is 0 Å². The summed E-state index contributed by atoms with van der Waals surface area (Å²) in [6, 6.07) is 10.9. The van der Waals surface area contributed by atoms with E-state index in [1.165, 1.54) is 39.3 Å². The predicted molar refractivity (Wildman–Crippen MR) is 161 cm³/mol. The van der Waals surface area contributed by atoms with Crippen LogP contribution in [0.1, 0.15) is 58.5 Å². The number of pyridine rings is 1. The van der Waals surface area contributed by atoms with E-state index in [4.69, 9.17) is 4.99 Å². The number of rotatable bonds is 9. The maximum Gasteiger partial charge on any atom is 0.207 e. The molecular formula is C32H39N5OS. The zero-order chi connectivity index (χ0) is 27.5. The van der Waals surface area contributed by atoms with Gasteiger partial charge >= 0.3 is 0 Å². The molecule has 2 aromatic heterocycles. The molecule has 0 radical (unpaired) electrons. The maximum atomic E-state index is 10.6. The van der Waals surface area contributed by atoms with E-state index in [0.29, 0.717) is 12.6 Å². The number of hydrogen-bond acceptors (Lipinski definition) is 6. The van der Waals surface area contributed by atoms with Crippen molar-refractivity contribution in [2.75, 3.05) is 6.54 Å². The Morgan fingerprint density at radius 2 is 2.05 bits per heavy atom. The highest BCUT2D eigenvalue weighted by molar-refractivity contribution is 7.09. The normalized spacial score (nSPS) is 16.4. The van der Waals surface area contributed by atoms with Crippen LogP contribution in [0.3, 0.4) is 0 Å². The fourth-order valence-electron chi connectivity index (χ4n) is 5.06. The number of aliphatic imine (C=N–C) groups is 1. The molecule has 204 valence electrons. The van der Waals surface area contributed by atoms with Gasteiger partial charge in [0.25, 0.3) is 0 Å². The fraction of sp³-hybridized carbons (Fsp3) is 0.375. The van der Waals surface area contributed by atoms with Crippen LogP contribution in [-0.2, 0) is 24.3 Å². The molecule has 1 N–H and O–H groups in total. The van der Waals surface area contributed by atoms with Gasteiger partial charge in [0.05, 0.1) is 17.3 Å². The molecule has 1 aromatic carbocycles. The summed E-state index contributed by atoms with van der Waals surface area (Å²) < 4.78 is 0. The van der Waals surface area contributed by atoms with Gasteiger partial charge in [0.2, 0.25) is 6.41 Å². The minimum atomic E-state index is 0.342. The van der Waals surface area contributed by atoms with Crippen molar-refractivity contribution in [1.29, 1.82) is 0 Å². The van der Waals surface area contributed by atoms with E-state index in [-0.39, 0.29) is 0 Å². The van der Waals surface area contributed by atoms with Crippen molar-refractivity contribution in [1.82, 2.24) is 20.2 Å². The summed E-state index contributed by atoms with van der Waals surface area (Å²) in [7, 11) is 0. The third-order valence-electron chi connectivity index (χ3n) is 7.47. The first-order valence-electron chi connectivity index (χ1n) is 13.7. The predicted octanol–water partition coefficient (Wildman–Crippen LogP) is 6.28. The lowest BCUT2D eigenvalue weighted by molar-refractivity contribution is -0.109. The maximum absolute atomic E-state index is 10.6. The van der Waals surface area contributed by atoms with E-state index in [2.05, 4.69) is 70.4 Å². The summed E-state index contributed by atoms with van der Waals surface area (Å²) in [5, 5.41) is 2.75. The Balaban J connectivity index is 0.000000333. The zero-order valence-corrected chi connectivity index (χ0v) is 24.1. The number of aromatic nitrogens is 2. The first-order chi connectivity index (χ1) is 19.0. The molecule has 5 rings (SSSR count). The molecule has 1 unspecified atom stereocenters. The van der Waals surface area contributed by atoms with Crippen LogP contribution >= 0.6 is 11.3 Å². The van der Waals surface area contributed by atoms with Gasteiger partial charge in [-0.2, -0.15) is 0 Å². The number of fused-ring (bicyclic) bond motifs is 1. The molecule has 3 heterocycles. The topological polar surface area (TPSA) is 70.5 Å². The van der Waals surface area contributed by atoms with Crippen molar-refractivity contribution in [3.63, 3.8) is 0 Å². The molecule has 0 spiro atoms. The SMILES string of the molecule is Cc1ccnc(C)c1C.O=CNCc1cccc(CCN(Cc2cncs2)C2CCCC3=CCC=CN=C32)c1. The third kappa shape index (κ3) is 8.28. The number of benzene rings is 1. The van der Waals surface area contributed by atoms with Crippen LogP contribution in [0.15, 0.2) is 77.2 Å². The number of allylic oxidation sites excluding steroid dienone is 2. The Morgan fingerprint density at radius 3 is 2.82 bits per heavy atom. The number of nitrogens with one attached hydrogen (secondary N) is 1. The van der Waals surface area contributed by atoms with Gasteiger partial charge in [-0.1, -0.05) is 36.4 Å². The molecule has 1 aliphatic heterocycles. The van der Waals surface area contributed by atoms with Gasteiger partial charge in [-0.25, -0.2) is 0 Å². The number of thiazole rings is 1. The van der Waals surface area contributed by atoms with E-state index in [1.54, 1.807) is 11.3 Å². The number of carbonyl (C=O) groups excluding carboxylic acids is 1. The van der Waals surface area contributed by atoms with Crippen molar-refractivity contribution in [2.45, 2.75) is 72.0 Å². The van der Waals surface area contributed by atoms with E-state index in [0.717, 1.165) is 56.4 Å². The molecule has 0 bridgehead atoms. The first kappa shape index (κ1) is 28.6. The summed E-state index contributed by atoms with van der Waals surface area (Å²) in [6.45, 7) is 8.66. The van der Waals surface area contributed by atoms with Crippen molar-refractivity contribution in [3.8, 4) is 0 Å². The standard InChI is InChI=1S/C24H28N4OS.C8H11N/c29-17-25-14-20-6-3-5-19(13-20)10-12-28(16-22-15-26-18-30-22)23-9-4-8-21-7-1-2-11-27-24(21)23;1-6-4-5-9-8(3)7(6)2/h2-3,5-7,11,13,15,17-18,23H,1,4,8-10,12,14,16H2,(H,25,29);4-5H,1-3H3. The van der Waals surface area contributed by atoms with E-state index in [1.807, 2.05) is 37.1 Å². The minimum Gasteiger partial charge on any atom is -0.355 e. The van der Waals surface area contributed by atoms with Gasteiger partial charge in [0.15, 0.2) is 0 Å². The van der Waals surface area contributed by atoms with Crippen molar-refractivity contribution in [2.24, 2.45) is 4.99 Å². The van der Waals surface area contributed by atoms with Crippen molar-refractivity contribution < 1.29 is 4.79 Å². The number of aryl methyl sites for hydroxylation is 2. The second-order valence-corrected chi connectivity index (χ2v) is 11.1. The van der Waals surface area contributed by atoms with Crippen molar-refractivity contribution >= 4 is 23.5 Å². The Labute approximate surface area is 236 Å². The quantitative estimate of drug-likeness (QED) is 0.324. The Morgan fingerprint density at radius 1 is 1.18 bits per heavy atom. The highest BCUT2D eigenvalue weighted by Gasteiger charge is 2.30. The van der Waals surface area contributed by atoms with Gasteiger partial charge in [0, 0.05) is 48.8 Å². The van der Waals surface area contributed by atoms with E-state index in [9.17, 15) is 4.79 Å². The molecule has 39 heavy (non-hydrogen) atoms. The highest BCUT2D eigenvalue weighted by Crippen LogP contribution is 2.29. The van der Waals surface area contributed by atoms with Crippen LogP contribution in [0.25, 0.3) is 0 Å². The number of carbonyl (C=O) groups is 1. The number of hydrogen-bond donors (Lipinski definition) is 1. The van der Waals surface area contributed by atoms with Gasteiger partial charge in [-0.05, 0) is 86.8 Å². The lowest BCUT2D eigenvalue weighted by Crippen LogP contribution is -2.44. The van der Waals surface area contributed by atoms with Crippen LogP contribution < -0.4 is 5.32 Å². The Hall–Kier alpha value is -3.42. The molecule has 0 saturated heterocycles. The van der Waals surface area contributed by atoms with Gasteiger partial charge < -0.3 is 5.32 Å². The van der Waals surface area contributed by atoms with Crippen LogP contribution in [0.4, 0.5) is 0 Å². The molecule has 1 amide bonds. The molecule has 3 aromatic rings. The largest absolute Gasteiger partial charge is 0.355 e. The Bertz CT molecular complexity index is 1290. The summed E-state index contributed by atoms with van der Waals surface area (Å²) in [6.07, 6.45) is 16.5. The summed E-state index contributed by atoms with van der Waals surface area (Å²) in [4.78, 5) is 27.7. The minimum absolute atomic E-state index is 0.342. The van der Waals surface area contributed by atoms with Gasteiger partial charge in [-0.15, -0.1) is 11.3 Å². The van der Waals surface area contributed by atoms with E-state index >= 15 is 0 Å². The monoisotopic (exact) mass is 541 g/mol. The van der Waals surface area contributed by atoms with Crippen LogP contribution in [0.5, 0.6) is 0 Å². The van der Waals surface area contributed by atoms with Crippen LogP contribution in [-0.4, -0.2) is 39.6 Å². The Kier molecular flexibility index (Phi) is 10.7. The second kappa shape index (κ2) is 14.7. The average molecular weight is 542 g/mol. The lowest BCUT2D eigenvalue weighted by Gasteiger charge is -2.36. The smallest absolute Gasteiger partial charge is 0.207 e. The number of nitrogens with zero attached hydrogens (tertiary/aromatic N) is 4. The zero-order valence-electron chi connectivity index (χ0n) is 23.3. The third-order valence-corrected chi connectivity index (χ3v) is 8.23. The molecule has 1 fully saturated rings. The summed E-state index contributed by atoms with van der Waals surface area (Å²) in [5.74, 6) is 0. The molecular weight excluding hydrogens is 502 g/mol. The van der Waals surface area contributed by atoms with Gasteiger partial charge in [0.1, 0.15) is 0 Å². The molecule has 1 aliphatic carbocycles. The average Bonchev–Trinajstić information content (AvgIpc) is 3.35. The first-order valence-corrected chi connectivity index (χ1v) is 14.6. The molecule has 1 atom stereocenters. The fourth-order valence-corrected chi connectivity index (χ4v) is 5.68. The molecule has 6 nitrogen and oxygen atoms in total. The highest BCUT2D eigenvalue weighted by atomic mass is 32.1. The van der Waals surface area contributed by atoms with E-state index < -0.39 is 0 Å². The molecule has 1 saturated carbocycles. The second-order valence-electron chi connectivity index (χ2n) is 10.1. The van der Waals surface area contributed by atoms with Gasteiger partial charge in [-0.3, -0.25) is 24.7 Å². The summed E-state index contributed by atoms with van der Waals surface area (Å²) >= 11 is 1.72. The number of amides is 1.